The fourth-order valence-electron chi connectivity index (χ4n) is 2.80. The molecule has 5 nitrogen and oxygen atoms in total. The first-order chi connectivity index (χ1) is 8.81. The van der Waals surface area contributed by atoms with Crippen molar-refractivity contribution in [2.24, 2.45) is 17.8 Å². The lowest BCUT2D eigenvalue weighted by atomic mass is 9.81. The van der Waals surface area contributed by atoms with Crippen molar-refractivity contribution < 1.29 is 19.5 Å². The molecule has 1 fully saturated rings. The maximum Gasteiger partial charge on any atom is 0.307 e. The number of amides is 1. The monoisotopic (exact) mass is 289 g/mol. The maximum atomic E-state index is 12.3. The number of Topliss-reactive ketones (excluding diaryl/α,β-unsaturated/α-hetero) is 1. The Morgan fingerprint density at radius 3 is 2.42 bits per heavy atom. The second-order valence-electron chi connectivity index (χ2n) is 5.35. The number of carboxylic acid groups (broad SMARTS) is 1. The van der Waals surface area contributed by atoms with Crippen molar-refractivity contribution >= 4 is 29.3 Å². The number of nitrogens with zero attached hydrogens (tertiary/aromatic N) is 1. The number of hydrogen-bond acceptors (Lipinski definition) is 3. The predicted octanol–water partition coefficient (Wildman–Crippen LogP) is 1.39. The van der Waals surface area contributed by atoms with E-state index >= 15 is 0 Å². The van der Waals surface area contributed by atoms with Gasteiger partial charge in [0.2, 0.25) is 5.91 Å². The number of aliphatic carboxylic acids is 1. The van der Waals surface area contributed by atoms with Gasteiger partial charge < -0.3 is 10.0 Å². The summed E-state index contributed by atoms with van der Waals surface area (Å²) in [5, 5.41) is 9.25. The average molecular weight is 290 g/mol. The van der Waals surface area contributed by atoms with Crippen molar-refractivity contribution in [2.75, 3.05) is 12.9 Å². The van der Waals surface area contributed by atoms with Crippen LogP contribution in [-0.4, -0.2) is 46.6 Å². The summed E-state index contributed by atoms with van der Waals surface area (Å²) in [5.41, 5.74) is 0. The molecule has 0 bridgehead atoms. The molecule has 1 aliphatic carbocycles. The summed E-state index contributed by atoms with van der Waals surface area (Å²) < 4.78 is 0. The summed E-state index contributed by atoms with van der Waals surface area (Å²) >= 11 is 5.48. The van der Waals surface area contributed by atoms with Crippen molar-refractivity contribution in [3.05, 3.63) is 0 Å². The van der Waals surface area contributed by atoms with Crippen molar-refractivity contribution in [3.63, 3.8) is 0 Å². The third kappa shape index (κ3) is 3.26. The highest BCUT2D eigenvalue weighted by molar-refractivity contribution is 6.27. The summed E-state index contributed by atoms with van der Waals surface area (Å²) in [4.78, 5) is 36.5. The first-order valence-electron chi connectivity index (χ1n) is 6.39. The van der Waals surface area contributed by atoms with Gasteiger partial charge in [-0.25, -0.2) is 0 Å². The van der Waals surface area contributed by atoms with Gasteiger partial charge in [0, 0.05) is 13.0 Å². The number of hydrogen-bond donors (Lipinski definition) is 1. The van der Waals surface area contributed by atoms with Gasteiger partial charge in [-0.1, -0.05) is 13.8 Å². The molecule has 0 aromatic carbocycles. The second kappa shape index (κ2) is 6.37. The third-order valence-corrected chi connectivity index (χ3v) is 4.09. The Bertz CT molecular complexity index is 383. The van der Waals surface area contributed by atoms with Gasteiger partial charge in [-0.3, -0.25) is 14.4 Å². The molecule has 108 valence electrons. The summed E-state index contributed by atoms with van der Waals surface area (Å²) in [5.74, 6) is -2.87. The Morgan fingerprint density at radius 1 is 1.42 bits per heavy atom. The van der Waals surface area contributed by atoms with Crippen LogP contribution in [0.15, 0.2) is 0 Å². The summed E-state index contributed by atoms with van der Waals surface area (Å²) in [6.45, 7) is 3.60. The van der Waals surface area contributed by atoms with Crippen LogP contribution in [0.3, 0.4) is 0 Å². The first kappa shape index (κ1) is 16.0. The van der Waals surface area contributed by atoms with Gasteiger partial charge in [-0.05, 0) is 18.8 Å². The number of ketones is 1. The van der Waals surface area contributed by atoms with Crippen LogP contribution in [0.2, 0.25) is 0 Å². The van der Waals surface area contributed by atoms with E-state index in [4.69, 9.17) is 11.6 Å². The fourth-order valence-corrected chi connectivity index (χ4v) is 2.99. The minimum atomic E-state index is -0.944. The lowest BCUT2D eigenvalue weighted by Crippen LogP contribution is -2.43. The molecule has 0 aromatic rings. The number of carbonyl (C=O) groups excluding carboxylic acids is 2. The van der Waals surface area contributed by atoms with E-state index in [9.17, 15) is 19.5 Å². The number of halogens is 1. The quantitative estimate of drug-likeness (QED) is 0.776. The van der Waals surface area contributed by atoms with Gasteiger partial charge in [0.15, 0.2) is 5.78 Å². The van der Waals surface area contributed by atoms with Crippen LogP contribution >= 0.6 is 11.6 Å². The predicted molar refractivity (Wildman–Crippen MR) is 71.0 cm³/mol. The van der Waals surface area contributed by atoms with E-state index in [1.807, 2.05) is 0 Å². The molecule has 1 amide bonds. The molecule has 0 heterocycles. The highest BCUT2D eigenvalue weighted by Gasteiger charge is 2.45. The zero-order valence-electron chi connectivity index (χ0n) is 11.4. The Kier molecular flexibility index (Phi) is 5.35. The molecule has 3 atom stereocenters. The zero-order valence-corrected chi connectivity index (χ0v) is 12.2. The van der Waals surface area contributed by atoms with E-state index < -0.39 is 23.8 Å². The van der Waals surface area contributed by atoms with Crippen molar-refractivity contribution in [2.45, 2.75) is 32.7 Å². The molecule has 1 saturated carbocycles. The second-order valence-corrected chi connectivity index (χ2v) is 5.62. The number of likely N-dealkylation sites (N-methyl/N-ethyl adjacent to an activating group) is 1. The zero-order chi connectivity index (χ0) is 14.7. The number of rotatable bonds is 5. The van der Waals surface area contributed by atoms with Gasteiger partial charge in [0.05, 0.1) is 12.0 Å². The molecule has 1 N–H and O–H groups in total. The van der Waals surface area contributed by atoms with Crippen LogP contribution in [0.5, 0.6) is 0 Å². The first-order valence-corrected chi connectivity index (χ1v) is 6.92. The van der Waals surface area contributed by atoms with Crippen molar-refractivity contribution in [1.82, 2.24) is 4.90 Å². The molecule has 1 rings (SSSR count). The summed E-state index contributed by atoms with van der Waals surface area (Å²) in [6, 6.07) is -0.531. The van der Waals surface area contributed by atoms with Gasteiger partial charge in [0.1, 0.15) is 5.88 Å². The summed E-state index contributed by atoms with van der Waals surface area (Å²) in [7, 11) is 1.54. The van der Waals surface area contributed by atoms with Crippen LogP contribution in [0, 0.1) is 17.8 Å². The molecule has 1 unspecified atom stereocenters. The van der Waals surface area contributed by atoms with E-state index in [-0.39, 0.29) is 23.5 Å². The molecule has 1 aliphatic rings. The fraction of sp³-hybridized carbons (Fsp3) is 0.769. The van der Waals surface area contributed by atoms with Crippen LogP contribution in [0.1, 0.15) is 26.7 Å². The maximum absolute atomic E-state index is 12.3. The van der Waals surface area contributed by atoms with Crippen LogP contribution < -0.4 is 0 Å². The molecule has 0 saturated heterocycles. The standard InChI is InChI=1S/C13H20ClNO4/c1-7(2)11(13(18)19)8-4-5-9(12(8)17)15(3)10(16)6-14/h7-9,11H,4-6H2,1-3H3,(H,18,19)/t8?,9-,11-/m1/s1. The Balaban J connectivity index is 2.85. The highest BCUT2D eigenvalue weighted by Crippen LogP contribution is 2.35. The normalized spacial score (nSPS) is 24.6. The number of alkyl halides is 1. The van der Waals surface area contributed by atoms with Gasteiger partial charge >= 0.3 is 5.97 Å². The highest BCUT2D eigenvalue weighted by atomic mass is 35.5. The molecule has 6 heteroatoms. The van der Waals surface area contributed by atoms with Gasteiger partial charge in [-0.15, -0.1) is 11.6 Å². The van der Waals surface area contributed by atoms with Crippen LogP contribution in [0.4, 0.5) is 0 Å². The topological polar surface area (TPSA) is 74.7 Å². The number of carbonyl (C=O) groups is 3. The molecule has 0 aromatic heterocycles. The van der Waals surface area contributed by atoms with Crippen LogP contribution in [0.25, 0.3) is 0 Å². The SMILES string of the molecule is CC(C)[C@@H](C(=O)O)C1CC[C@@H](N(C)C(=O)CCl)C1=O. The van der Waals surface area contributed by atoms with Crippen LogP contribution in [-0.2, 0) is 14.4 Å². The molecular formula is C13H20ClNO4. The third-order valence-electron chi connectivity index (χ3n) is 3.86. The van der Waals surface area contributed by atoms with E-state index in [1.165, 1.54) is 4.90 Å². The minimum absolute atomic E-state index is 0.112. The van der Waals surface area contributed by atoms with E-state index in [0.29, 0.717) is 12.8 Å². The Hall–Kier alpha value is -1.10. The molecule has 0 radical (unpaired) electrons. The lowest BCUT2D eigenvalue weighted by Gasteiger charge is -2.25. The number of carboxylic acids is 1. The van der Waals surface area contributed by atoms with E-state index in [1.54, 1.807) is 20.9 Å². The minimum Gasteiger partial charge on any atom is -0.481 e. The molecule has 0 spiro atoms. The smallest absolute Gasteiger partial charge is 0.307 e. The Labute approximate surface area is 117 Å². The lowest BCUT2D eigenvalue weighted by molar-refractivity contribution is -0.148. The molecular weight excluding hydrogens is 270 g/mol. The van der Waals surface area contributed by atoms with Crippen molar-refractivity contribution in [1.29, 1.82) is 0 Å². The average Bonchev–Trinajstić information content (AvgIpc) is 2.69. The summed E-state index contributed by atoms with van der Waals surface area (Å²) in [6.07, 6.45) is 1.03. The van der Waals surface area contributed by atoms with Gasteiger partial charge in [-0.2, -0.15) is 0 Å². The van der Waals surface area contributed by atoms with Crippen molar-refractivity contribution in [3.8, 4) is 0 Å². The van der Waals surface area contributed by atoms with Gasteiger partial charge in [0.25, 0.3) is 0 Å². The molecule has 19 heavy (non-hydrogen) atoms. The molecule has 0 aliphatic heterocycles. The van der Waals surface area contributed by atoms with E-state index in [0.717, 1.165) is 0 Å². The Morgan fingerprint density at radius 2 is 2.00 bits per heavy atom. The largest absolute Gasteiger partial charge is 0.481 e. The van der Waals surface area contributed by atoms with E-state index in [2.05, 4.69) is 0 Å².